The highest BCUT2D eigenvalue weighted by Crippen LogP contribution is 2.17. The van der Waals surface area contributed by atoms with Gasteiger partial charge in [0.1, 0.15) is 5.82 Å². The van der Waals surface area contributed by atoms with Crippen LogP contribution in [0.15, 0.2) is 51.4 Å². The highest BCUT2D eigenvalue weighted by molar-refractivity contribution is 9.10. The molecule has 0 aromatic heterocycles. The summed E-state index contributed by atoms with van der Waals surface area (Å²) < 4.78 is 14.8. The van der Waals surface area contributed by atoms with E-state index in [0.29, 0.717) is 6.54 Å². The fraction of sp³-hybridized carbons (Fsp3) is 0.133. The van der Waals surface area contributed by atoms with E-state index in [0.717, 1.165) is 20.2 Å². The predicted octanol–water partition coefficient (Wildman–Crippen LogP) is 4.08. The van der Waals surface area contributed by atoms with Gasteiger partial charge in [0.2, 0.25) is 5.91 Å². The lowest BCUT2D eigenvalue weighted by Crippen LogP contribution is -2.27. The molecule has 6 heteroatoms. The molecule has 2 N–H and O–H groups in total. The molecular formula is C15H13Br2FN2O. The normalized spacial score (nSPS) is 10.4. The molecule has 0 saturated carbocycles. The molecule has 2 rings (SSSR count). The van der Waals surface area contributed by atoms with Crippen molar-refractivity contribution >= 4 is 43.5 Å². The van der Waals surface area contributed by atoms with Crippen molar-refractivity contribution in [2.24, 2.45) is 0 Å². The summed E-state index contributed by atoms with van der Waals surface area (Å²) in [4.78, 5) is 11.8. The lowest BCUT2D eigenvalue weighted by molar-refractivity contribution is -0.115. The van der Waals surface area contributed by atoms with Crippen LogP contribution in [0.2, 0.25) is 0 Å². The van der Waals surface area contributed by atoms with E-state index in [2.05, 4.69) is 42.5 Å². The minimum absolute atomic E-state index is 0.148. The van der Waals surface area contributed by atoms with Gasteiger partial charge in [-0.3, -0.25) is 4.79 Å². The molecule has 0 aliphatic heterocycles. The topological polar surface area (TPSA) is 41.1 Å². The molecule has 0 radical (unpaired) electrons. The Bertz CT molecular complexity index is 649. The summed E-state index contributed by atoms with van der Waals surface area (Å²) in [7, 11) is 0. The Labute approximate surface area is 139 Å². The summed E-state index contributed by atoms with van der Waals surface area (Å²) in [5.74, 6) is -0.450. The number of anilines is 1. The number of amides is 1. The number of nitrogens with one attached hydrogen (secondary N) is 2. The second-order valence-corrected chi connectivity index (χ2v) is 6.17. The van der Waals surface area contributed by atoms with Crippen LogP contribution in [0.3, 0.4) is 0 Å². The van der Waals surface area contributed by atoms with Crippen molar-refractivity contribution in [2.75, 3.05) is 11.9 Å². The van der Waals surface area contributed by atoms with E-state index in [1.165, 1.54) is 12.1 Å². The van der Waals surface area contributed by atoms with Crippen LogP contribution in [0.25, 0.3) is 0 Å². The average molecular weight is 416 g/mol. The Morgan fingerprint density at radius 2 is 1.95 bits per heavy atom. The van der Waals surface area contributed by atoms with Gasteiger partial charge in [-0.15, -0.1) is 0 Å². The monoisotopic (exact) mass is 414 g/mol. The van der Waals surface area contributed by atoms with Crippen LogP contribution in [-0.4, -0.2) is 12.5 Å². The fourth-order valence-electron chi connectivity index (χ4n) is 1.76. The zero-order chi connectivity index (χ0) is 15.2. The molecule has 0 aliphatic rings. The largest absolute Gasteiger partial charge is 0.325 e. The molecule has 1 amide bonds. The van der Waals surface area contributed by atoms with E-state index in [-0.39, 0.29) is 18.3 Å². The van der Waals surface area contributed by atoms with E-state index in [9.17, 15) is 9.18 Å². The maximum absolute atomic E-state index is 13.1. The number of carbonyl (C=O) groups is 1. The Balaban J connectivity index is 1.83. The number of halogens is 3. The van der Waals surface area contributed by atoms with Crippen molar-refractivity contribution in [1.29, 1.82) is 0 Å². The van der Waals surface area contributed by atoms with Crippen LogP contribution < -0.4 is 10.6 Å². The maximum atomic E-state index is 13.1. The SMILES string of the molecule is O=C(CNCc1cc(F)ccc1Br)Nc1cccc(Br)c1. The van der Waals surface area contributed by atoms with Crippen LogP contribution in [0.1, 0.15) is 5.56 Å². The average Bonchev–Trinajstić information content (AvgIpc) is 2.42. The van der Waals surface area contributed by atoms with Crippen molar-refractivity contribution in [3.63, 3.8) is 0 Å². The van der Waals surface area contributed by atoms with Gasteiger partial charge < -0.3 is 10.6 Å². The predicted molar refractivity (Wildman–Crippen MR) is 88.6 cm³/mol. The fourth-order valence-corrected chi connectivity index (χ4v) is 2.55. The lowest BCUT2D eigenvalue weighted by atomic mass is 10.2. The summed E-state index contributed by atoms with van der Waals surface area (Å²) in [6, 6.07) is 11.8. The van der Waals surface area contributed by atoms with Crippen LogP contribution >= 0.6 is 31.9 Å². The molecule has 0 spiro atoms. The van der Waals surface area contributed by atoms with Crippen LogP contribution in [0.5, 0.6) is 0 Å². The first kappa shape index (κ1) is 16.1. The molecular weight excluding hydrogens is 403 g/mol. The van der Waals surface area contributed by atoms with Gasteiger partial charge in [-0.05, 0) is 42.0 Å². The van der Waals surface area contributed by atoms with E-state index in [4.69, 9.17) is 0 Å². The van der Waals surface area contributed by atoms with E-state index < -0.39 is 0 Å². The summed E-state index contributed by atoms with van der Waals surface area (Å²) in [5, 5.41) is 5.76. The van der Waals surface area contributed by atoms with E-state index >= 15 is 0 Å². The van der Waals surface area contributed by atoms with Crippen LogP contribution in [0.4, 0.5) is 10.1 Å². The molecule has 0 heterocycles. The molecule has 2 aromatic carbocycles. The Morgan fingerprint density at radius 1 is 1.14 bits per heavy atom. The third kappa shape index (κ3) is 5.22. The minimum Gasteiger partial charge on any atom is -0.325 e. The number of rotatable bonds is 5. The number of hydrogen-bond donors (Lipinski definition) is 2. The molecule has 0 fully saturated rings. The first-order valence-corrected chi connectivity index (χ1v) is 7.83. The van der Waals surface area contributed by atoms with Crippen molar-refractivity contribution in [2.45, 2.75) is 6.54 Å². The second-order valence-electron chi connectivity index (χ2n) is 4.40. The Hall–Kier alpha value is -1.24. The van der Waals surface area contributed by atoms with Crippen LogP contribution in [0, 0.1) is 5.82 Å². The molecule has 0 unspecified atom stereocenters. The number of benzene rings is 2. The zero-order valence-electron chi connectivity index (χ0n) is 11.0. The van der Waals surface area contributed by atoms with Gasteiger partial charge in [0.25, 0.3) is 0 Å². The Morgan fingerprint density at radius 3 is 2.71 bits per heavy atom. The summed E-state index contributed by atoms with van der Waals surface area (Å²) in [5.41, 5.74) is 1.49. The molecule has 110 valence electrons. The second kappa shape index (κ2) is 7.68. The Kier molecular flexibility index (Phi) is 5.90. The molecule has 0 atom stereocenters. The van der Waals surface area contributed by atoms with Gasteiger partial charge in [-0.1, -0.05) is 37.9 Å². The maximum Gasteiger partial charge on any atom is 0.238 e. The third-order valence-corrected chi connectivity index (χ3v) is 3.98. The van der Waals surface area contributed by atoms with Gasteiger partial charge in [-0.25, -0.2) is 4.39 Å². The first-order chi connectivity index (χ1) is 10.0. The van der Waals surface area contributed by atoms with Gasteiger partial charge in [0.05, 0.1) is 6.54 Å². The quantitative estimate of drug-likeness (QED) is 0.772. The molecule has 0 bridgehead atoms. The summed E-state index contributed by atoms with van der Waals surface area (Å²) >= 11 is 6.69. The van der Waals surface area contributed by atoms with Gasteiger partial charge in [-0.2, -0.15) is 0 Å². The summed E-state index contributed by atoms with van der Waals surface area (Å²) in [6.45, 7) is 0.555. The van der Waals surface area contributed by atoms with E-state index in [1.807, 2.05) is 24.3 Å². The lowest BCUT2D eigenvalue weighted by Gasteiger charge is -2.08. The van der Waals surface area contributed by atoms with Gasteiger partial charge in [0.15, 0.2) is 0 Å². The highest BCUT2D eigenvalue weighted by Gasteiger charge is 2.05. The molecule has 21 heavy (non-hydrogen) atoms. The van der Waals surface area contributed by atoms with Crippen molar-refractivity contribution in [3.8, 4) is 0 Å². The van der Waals surface area contributed by atoms with Gasteiger partial charge >= 0.3 is 0 Å². The molecule has 0 aliphatic carbocycles. The zero-order valence-corrected chi connectivity index (χ0v) is 14.2. The minimum atomic E-state index is -0.298. The molecule has 0 saturated heterocycles. The van der Waals surface area contributed by atoms with Crippen molar-refractivity contribution in [3.05, 3.63) is 62.8 Å². The highest BCUT2D eigenvalue weighted by atomic mass is 79.9. The van der Waals surface area contributed by atoms with Gasteiger partial charge in [0, 0.05) is 21.2 Å². The molecule has 2 aromatic rings. The first-order valence-electron chi connectivity index (χ1n) is 6.24. The molecule has 3 nitrogen and oxygen atoms in total. The third-order valence-electron chi connectivity index (χ3n) is 2.72. The smallest absolute Gasteiger partial charge is 0.238 e. The van der Waals surface area contributed by atoms with Crippen molar-refractivity contribution < 1.29 is 9.18 Å². The van der Waals surface area contributed by atoms with E-state index in [1.54, 1.807) is 6.07 Å². The number of hydrogen-bond acceptors (Lipinski definition) is 2. The number of carbonyl (C=O) groups excluding carboxylic acids is 1. The van der Waals surface area contributed by atoms with Crippen LogP contribution in [-0.2, 0) is 11.3 Å². The standard InChI is InChI=1S/C15H13Br2FN2O/c16-11-2-1-3-13(7-11)20-15(21)9-19-8-10-6-12(18)4-5-14(10)17/h1-7,19H,8-9H2,(H,20,21). The van der Waals surface area contributed by atoms with Crippen molar-refractivity contribution in [1.82, 2.24) is 5.32 Å². The summed E-state index contributed by atoms with van der Waals surface area (Å²) in [6.07, 6.45) is 0.